The molecule has 0 bridgehead atoms. The van der Waals surface area contributed by atoms with E-state index in [2.05, 4.69) is 126 Å². The molecule has 0 aliphatic carbocycles. The van der Waals surface area contributed by atoms with Crippen molar-refractivity contribution in [3.05, 3.63) is 234 Å². The summed E-state index contributed by atoms with van der Waals surface area (Å²) in [5.41, 5.74) is 6.20. The molecule has 7 nitrogen and oxygen atoms in total. The van der Waals surface area contributed by atoms with Crippen LogP contribution in [0.4, 0.5) is 0 Å². The number of aromatic amines is 1. The van der Waals surface area contributed by atoms with Crippen LogP contribution in [0, 0.1) is 6.07 Å². The Labute approximate surface area is 448 Å². The molecule has 0 aliphatic rings. The molecule has 0 saturated carbocycles. The number of hydrogen-bond acceptors (Lipinski definition) is 4. The number of fused-ring (bicyclic) bond motifs is 18. The zero-order valence-electron chi connectivity index (χ0n) is 36.9. The van der Waals surface area contributed by atoms with E-state index in [1.807, 2.05) is 122 Å². The molecule has 71 heavy (non-hydrogen) atoms. The summed E-state index contributed by atoms with van der Waals surface area (Å²) in [6, 6.07) is 66.2. The maximum Gasteiger partial charge on any atom is 0.256 e. The summed E-state index contributed by atoms with van der Waals surface area (Å²) in [6.45, 7) is 0. The van der Waals surface area contributed by atoms with Gasteiger partial charge in [-0.1, -0.05) is 157 Å². The third-order valence-electron chi connectivity index (χ3n) is 11.6. The van der Waals surface area contributed by atoms with Gasteiger partial charge in [-0.15, -0.1) is 29.7 Å². The summed E-state index contributed by atoms with van der Waals surface area (Å²) >= 11 is 31.0. The van der Waals surface area contributed by atoms with Gasteiger partial charge in [0.25, 0.3) is 5.56 Å². The van der Waals surface area contributed by atoms with Crippen LogP contribution in [0.5, 0.6) is 0 Å². The van der Waals surface area contributed by atoms with Crippen LogP contribution in [-0.2, 0) is 20.1 Å². The van der Waals surface area contributed by atoms with E-state index in [4.69, 9.17) is 67.8 Å². The molecule has 0 atom stereocenters. The van der Waals surface area contributed by atoms with Crippen LogP contribution >= 0.6 is 71.2 Å². The molecule has 6 heterocycles. The average molecular weight is 1240 g/mol. The summed E-state index contributed by atoms with van der Waals surface area (Å²) in [5, 5.41) is 14.0. The molecular formula is C56H36Cl6IrN6OP-. The van der Waals surface area contributed by atoms with E-state index in [1.165, 1.54) is 38.0 Å². The molecule has 1 N–H and O–H groups in total. The third kappa shape index (κ3) is 11.0. The Morgan fingerprint density at radius 3 is 1.51 bits per heavy atom. The SMILES string of the molecule is ClP(Cl)(Cl)(Cl)Cl.Clc1nc2ccccc2c2ccccc12.O=c1[nH]c2ccccc2c2ccccc12.[Ir].[c-]1cccc2c1c1nccn1c1ccccc21.c1ccc2c(c1)c1ccccc1n1ccnc21. The molecule has 1 radical (unpaired) electrons. The normalized spacial score (nSPS) is 11.8. The number of pyridine rings is 4. The number of para-hydroxylation sites is 4. The molecule has 8 aromatic carbocycles. The largest absolute Gasteiger partial charge is 0.340 e. The number of benzene rings is 8. The fraction of sp³-hybridized carbons (Fsp3) is 0. The Bertz CT molecular complexity index is 4010. The van der Waals surface area contributed by atoms with Crippen molar-refractivity contribution in [2.75, 3.05) is 0 Å². The molecule has 15 heteroatoms. The fourth-order valence-electron chi connectivity index (χ4n) is 8.76. The fourth-order valence-corrected chi connectivity index (χ4v) is 9.01. The van der Waals surface area contributed by atoms with E-state index >= 15 is 0 Å². The standard InChI is InChI=1S/C15H10N2.C15H9N2.C13H8ClN.C13H9NO.Cl5P.Ir/c2*1-2-7-13-11(5-1)12-6-3-4-8-14(12)17-10-9-16-15(13)17;14-13-11-7-2-1-5-9(11)10-6-3-4-8-12(10)15-13;15-13-11-7-2-1-5-9(11)10-6-3-4-8-12(10)14-13;1-6(2,3,4)5;/h1-10H;1-6,8-10H;1-8H;1-8H,(H,14,15);;/q;-1;;;;. The zero-order valence-corrected chi connectivity index (χ0v) is 44.7. The molecule has 6 aromatic heterocycles. The number of hydrogen-bond donors (Lipinski definition) is 1. The molecular weight excluding hydrogens is 1210 g/mol. The number of halogens is 6. The second kappa shape index (κ2) is 21.1. The minimum absolute atomic E-state index is 0. The van der Waals surface area contributed by atoms with Crippen molar-refractivity contribution in [3.63, 3.8) is 0 Å². The van der Waals surface area contributed by atoms with Crippen LogP contribution in [0.1, 0.15) is 0 Å². The number of imidazole rings is 2. The van der Waals surface area contributed by atoms with Gasteiger partial charge in [-0.25, -0.2) is 9.97 Å². The van der Waals surface area contributed by atoms with Crippen LogP contribution in [-0.4, -0.2) is 28.7 Å². The number of nitrogens with one attached hydrogen (secondary N) is 1. The van der Waals surface area contributed by atoms with E-state index in [0.717, 1.165) is 60.0 Å². The van der Waals surface area contributed by atoms with Gasteiger partial charge in [0.15, 0.2) is 0 Å². The van der Waals surface area contributed by atoms with Crippen LogP contribution in [0.25, 0.3) is 98.0 Å². The van der Waals surface area contributed by atoms with Crippen molar-refractivity contribution in [2.24, 2.45) is 0 Å². The summed E-state index contributed by atoms with van der Waals surface area (Å²) < 4.78 is 0.581. The Kier molecular flexibility index (Phi) is 14.9. The predicted octanol–water partition coefficient (Wildman–Crippen LogP) is 18.1. The van der Waals surface area contributed by atoms with Gasteiger partial charge in [0.05, 0.1) is 16.7 Å². The van der Waals surface area contributed by atoms with Crippen molar-refractivity contribution >= 4 is 169 Å². The summed E-state index contributed by atoms with van der Waals surface area (Å²) in [4.78, 5) is 27.9. The molecule has 353 valence electrons. The van der Waals surface area contributed by atoms with Gasteiger partial charge in [-0.2, -0.15) is 0 Å². The van der Waals surface area contributed by atoms with Crippen LogP contribution in [0.15, 0.2) is 218 Å². The Morgan fingerprint density at radius 1 is 0.451 bits per heavy atom. The number of rotatable bonds is 0. The summed E-state index contributed by atoms with van der Waals surface area (Å²) in [5.74, 6) is 0. The first-order valence-corrected chi connectivity index (χ1v) is 28.9. The second-order valence-corrected chi connectivity index (χ2v) is 32.9. The first-order chi connectivity index (χ1) is 33.9. The third-order valence-corrected chi connectivity index (χ3v) is 11.9. The minimum atomic E-state index is -3.69. The Balaban J connectivity index is 0.000000113. The van der Waals surface area contributed by atoms with Crippen molar-refractivity contribution in [1.82, 2.24) is 28.7 Å². The molecule has 0 amide bonds. The first kappa shape index (κ1) is 50.1. The molecule has 0 spiro atoms. The van der Waals surface area contributed by atoms with Crippen molar-refractivity contribution in [1.29, 1.82) is 0 Å². The topological polar surface area (TPSA) is 80.3 Å². The van der Waals surface area contributed by atoms with Gasteiger partial charge in [0.2, 0.25) is 0 Å². The maximum atomic E-state index is 11.7. The van der Waals surface area contributed by atoms with Gasteiger partial charge in [0.1, 0.15) is 10.8 Å². The van der Waals surface area contributed by atoms with Crippen LogP contribution in [0.2, 0.25) is 5.15 Å². The van der Waals surface area contributed by atoms with Gasteiger partial charge in [-0.3, -0.25) is 14.2 Å². The van der Waals surface area contributed by atoms with E-state index in [1.54, 1.807) is 0 Å². The van der Waals surface area contributed by atoms with E-state index in [-0.39, 0.29) is 25.7 Å². The average Bonchev–Trinajstić information content (AvgIpc) is 4.09. The molecule has 0 unspecified atom stereocenters. The molecule has 14 rings (SSSR count). The van der Waals surface area contributed by atoms with E-state index < -0.39 is 3.37 Å². The number of H-pyrrole nitrogens is 1. The first-order valence-electron chi connectivity index (χ1n) is 21.8. The van der Waals surface area contributed by atoms with Crippen molar-refractivity contribution < 1.29 is 20.1 Å². The second-order valence-electron chi connectivity index (χ2n) is 15.9. The molecule has 0 aliphatic heterocycles. The van der Waals surface area contributed by atoms with Gasteiger partial charge >= 0.3 is 59.6 Å². The monoisotopic (exact) mass is 1240 g/mol. The number of aromatic nitrogens is 6. The maximum absolute atomic E-state index is 11.7. The Morgan fingerprint density at radius 2 is 0.873 bits per heavy atom. The molecule has 0 fully saturated rings. The summed E-state index contributed by atoms with van der Waals surface area (Å²) in [7, 11) is 0. The van der Waals surface area contributed by atoms with E-state index in [0.29, 0.717) is 5.15 Å². The van der Waals surface area contributed by atoms with Crippen LogP contribution < -0.4 is 5.56 Å². The quantitative estimate of drug-likeness (QED) is 0.0710. The summed E-state index contributed by atoms with van der Waals surface area (Å²) in [6.07, 6.45) is 7.71. The van der Waals surface area contributed by atoms with Gasteiger partial charge in [-0.05, 0) is 51.9 Å². The minimum Gasteiger partial charge on any atom is -0.340 e. The molecule has 0 saturated heterocycles. The number of nitrogens with zero attached hydrogens (tertiary/aromatic N) is 5. The van der Waals surface area contributed by atoms with Crippen molar-refractivity contribution in [2.45, 2.75) is 0 Å². The predicted molar refractivity (Wildman–Crippen MR) is 302 cm³/mol. The Hall–Kier alpha value is -5.86. The van der Waals surface area contributed by atoms with E-state index in [9.17, 15) is 4.79 Å². The van der Waals surface area contributed by atoms with Crippen molar-refractivity contribution in [3.8, 4) is 0 Å². The van der Waals surface area contributed by atoms with Gasteiger partial charge in [0, 0.05) is 88.2 Å². The van der Waals surface area contributed by atoms with Crippen LogP contribution in [0.3, 0.4) is 0 Å². The smallest absolute Gasteiger partial charge is 0.256 e. The zero-order chi connectivity index (χ0) is 48.4. The molecule has 14 aromatic rings. The van der Waals surface area contributed by atoms with Gasteiger partial charge < -0.3 is 9.38 Å².